The second-order valence-electron chi connectivity index (χ2n) is 8.98. The van der Waals surface area contributed by atoms with Crippen molar-refractivity contribution < 1.29 is 22.9 Å². The van der Waals surface area contributed by atoms with Crippen molar-refractivity contribution in [1.29, 1.82) is 0 Å². The summed E-state index contributed by atoms with van der Waals surface area (Å²) in [6.45, 7) is 9.07. The van der Waals surface area contributed by atoms with E-state index in [0.717, 1.165) is 25.7 Å². The molecule has 2 N–H and O–H groups in total. The first-order valence-electron chi connectivity index (χ1n) is 14.4. The van der Waals surface area contributed by atoms with Crippen LogP contribution in [0.5, 0.6) is 0 Å². The van der Waals surface area contributed by atoms with E-state index in [9.17, 15) is 9.36 Å². The van der Waals surface area contributed by atoms with E-state index in [0.29, 0.717) is 26.2 Å². The summed E-state index contributed by atoms with van der Waals surface area (Å²) in [5, 5.41) is 0. The van der Waals surface area contributed by atoms with Crippen molar-refractivity contribution in [2.75, 3.05) is 19.8 Å². The molecule has 35 heavy (non-hydrogen) atoms. The summed E-state index contributed by atoms with van der Waals surface area (Å²) < 4.78 is 26.9. The molecule has 0 fully saturated rings. The third-order valence-electron chi connectivity index (χ3n) is 5.51. The molecule has 0 radical (unpaired) electrons. The number of phosphoric acid groups is 1. The van der Waals surface area contributed by atoms with Crippen molar-refractivity contribution in [3.63, 3.8) is 0 Å². The fourth-order valence-corrected chi connectivity index (χ4v) is 4.71. The molecular weight excluding hydrogens is 461 g/mol. The van der Waals surface area contributed by atoms with E-state index in [1.54, 1.807) is 13.8 Å². The van der Waals surface area contributed by atoms with Gasteiger partial charge in [0.25, 0.3) is 0 Å². The molecule has 0 rings (SSSR count). The van der Waals surface area contributed by atoms with E-state index in [1.807, 2.05) is 0 Å². The Morgan fingerprint density at radius 1 is 0.629 bits per heavy atom. The maximum Gasteiger partial charge on any atom is 0.474 e. The van der Waals surface area contributed by atoms with E-state index in [-0.39, 0.29) is 5.91 Å². The summed E-state index contributed by atoms with van der Waals surface area (Å²) in [4.78, 5) is 10.5. The third-order valence-corrected chi connectivity index (χ3v) is 7.15. The average molecular weight is 520 g/mol. The minimum atomic E-state index is -3.27. The first-order chi connectivity index (χ1) is 17.0. The van der Waals surface area contributed by atoms with Gasteiger partial charge < -0.3 is 5.73 Å². The highest BCUT2D eigenvalue weighted by Gasteiger charge is 2.24. The highest BCUT2D eigenvalue weighted by Crippen LogP contribution is 2.49. The van der Waals surface area contributed by atoms with Gasteiger partial charge >= 0.3 is 7.82 Å². The normalized spacial score (nSPS) is 11.5. The zero-order valence-electron chi connectivity index (χ0n) is 23.6. The Hall–Kier alpha value is -0.680. The van der Waals surface area contributed by atoms with E-state index in [1.165, 1.54) is 83.5 Å². The molecule has 0 aliphatic carbocycles. The number of unbranched alkanes of at least 4 members (excludes halogenated alkanes) is 14. The molecule has 1 amide bonds. The second-order valence-corrected chi connectivity index (χ2v) is 10.6. The zero-order valence-corrected chi connectivity index (χ0v) is 24.5. The number of hydrogen-bond acceptors (Lipinski definition) is 5. The van der Waals surface area contributed by atoms with Gasteiger partial charge in [-0.1, -0.05) is 96.6 Å². The SMILES string of the molecule is CCCCCCCCC=CCCCCCCCC(N)=O.CCCCCCOP(=O)(OCC)OCC. The molecule has 6 nitrogen and oxygen atoms in total. The fraction of sp³-hybridized carbons (Fsp3) is 0.893. The van der Waals surface area contributed by atoms with Gasteiger partial charge in [-0.25, -0.2) is 4.57 Å². The van der Waals surface area contributed by atoms with E-state index < -0.39 is 7.82 Å². The van der Waals surface area contributed by atoms with Crippen molar-refractivity contribution >= 4 is 13.7 Å². The summed E-state index contributed by atoms with van der Waals surface area (Å²) in [5.41, 5.74) is 5.10. The first kappa shape index (κ1) is 36.5. The standard InChI is InChI=1S/C18H35NO.C10H23O4P/c1-2-3-4-5-6-7-8-9-10-11-12-13-14-15-16-17-18(19)20;1-4-7-8-9-10-14-15(11,12-5-2)13-6-3/h9-10H,2-8,11-17H2,1H3,(H2,19,20);4-10H2,1-3H3. The summed E-state index contributed by atoms with van der Waals surface area (Å²) in [6.07, 6.45) is 26.3. The molecule has 0 spiro atoms. The number of carbonyl (C=O) groups excluding carboxylic acids is 1. The van der Waals surface area contributed by atoms with Crippen LogP contribution >= 0.6 is 7.82 Å². The summed E-state index contributed by atoms with van der Waals surface area (Å²) in [6, 6.07) is 0. The Kier molecular flexibility index (Phi) is 30.8. The Labute approximate surface area is 217 Å². The second kappa shape index (κ2) is 29.5. The average Bonchev–Trinajstić information content (AvgIpc) is 2.82. The molecule has 0 saturated heterocycles. The largest absolute Gasteiger partial charge is 0.474 e. The van der Waals surface area contributed by atoms with Crippen LogP contribution in [0.3, 0.4) is 0 Å². The lowest BCUT2D eigenvalue weighted by Crippen LogP contribution is -2.09. The van der Waals surface area contributed by atoms with Gasteiger partial charge in [-0.15, -0.1) is 0 Å². The molecule has 0 aliphatic heterocycles. The van der Waals surface area contributed by atoms with Crippen molar-refractivity contribution in [3.05, 3.63) is 12.2 Å². The van der Waals surface area contributed by atoms with Crippen LogP contribution in [-0.4, -0.2) is 25.7 Å². The topological polar surface area (TPSA) is 87.9 Å². The highest BCUT2D eigenvalue weighted by atomic mass is 31.2. The smallest absolute Gasteiger partial charge is 0.370 e. The maximum atomic E-state index is 11.8. The molecule has 0 atom stereocenters. The van der Waals surface area contributed by atoms with Crippen LogP contribution in [0.2, 0.25) is 0 Å². The van der Waals surface area contributed by atoms with Gasteiger partial charge in [0.1, 0.15) is 0 Å². The Morgan fingerprint density at radius 2 is 1.06 bits per heavy atom. The Balaban J connectivity index is 0. The van der Waals surface area contributed by atoms with Gasteiger partial charge in [0, 0.05) is 6.42 Å². The molecule has 0 aromatic heterocycles. The highest BCUT2D eigenvalue weighted by molar-refractivity contribution is 7.48. The number of hydrogen-bond donors (Lipinski definition) is 1. The Morgan fingerprint density at radius 3 is 1.51 bits per heavy atom. The molecule has 0 unspecified atom stereocenters. The van der Waals surface area contributed by atoms with Gasteiger partial charge in [-0.3, -0.25) is 18.4 Å². The van der Waals surface area contributed by atoms with Crippen LogP contribution < -0.4 is 5.73 Å². The lowest BCUT2D eigenvalue weighted by atomic mass is 10.1. The monoisotopic (exact) mass is 519 g/mol. The predicted octanol–water partition coefficient (Wildman–Crippen LogP) is 9.27. The van der Waals surface area contributed by atoms with Crippen LogP contribution in [0.1, 0.15) is 143 Å². The number of carbonyl (C=O) groups is 1. The van der Waals surface area contributed by atoms with Crippen LogP contribution in [0.4, 0.5) is 0 Å². The van der Waals surface area contributed by atoms with Gasteiger partial charge in [-0.05, 0) is 52.4 Å². The van der Waals surface area contributed by atoms with Crippen LogP contribution in [0.25, 0.3) is 0 Å². The number of primary amides is 1. The summed E-state index contributed by atoms with van der Waals surface area (Å²) in [5.74, 6) is -0.164. The van der Waals surface area contributed by atoms with E-state index in [4.69, 9.17) is 19.3 Å². The van der Waals surface area contributed by atoms with Gasteiger partial charge in [0.2, 0.25) is 5.91 Å². The lowest BCUT2D eigenvalue weighted by Gasteiger charge is -2.16. The van der Waals surface area contributed by atoms with Crippen molar-refractivity contribution in [1.82, 2.24) is 0 Å². The minimum Gasteiger partial charge on any atom is -0.370 e. The van der Waals surface area contributed by atoms with Gasteiger partial charge in [0.05, 0.1) is 19.8 Å². The van der Waals surface area contributed by atoms with Crippen molar-refractivity contribution in [3.8, 4) is 0 Å². The van der Waals surface area contributed by atoms with E-state index >= 15 is 0 Å². The minimum absolute atomic E-state index is 0.164. The van der Waals surface area contributed by atoms with Crippen LogP contribution in [0, 0.1) is 0 Å². The predicted molar refractivity (Wildman–Crippen MR) is 150 cm³/mol. The van der Waals surface area contributed by atoms with Gasteiger partial charge in [0.15, 0.2) is 0 Å². The summed E-state index contributed by atoms with van der Waals surface area (Å²) >= 11 is 0. The molecule has 0 heterocycles. The Bertz CT molecular complexity index is 504. The van der Waals surface area contributed by atoms with Crippen LogP contribution in [0.15, 0.2) is 12.2 Å². The first-order valence-corrected chi connectivity index (χ1v) is 15.9. The molecule has 0 aliphatic rings. The number of phosphoric ester groups is 1. The molecule has 0 aromatic rings. The molecule has 210 valence electrons. The number of nitrogens with two attached hydrogens (primary N) is 1. The molecule has 0 bridgehead atoms. The number of amides is 1. The molecular formula is C28H58NO5P. The quantitative estimate of drug-likeness (QED) is 0.0737. The fourth-order valence-electron chi connectivity index (χ4n) is 3.50. The molecule has 7 heteroatoms. The zero-order chi connectivity index (χ0) is 26.5. The van der Waals surface area contributed by atoms with Crippen LogP contribution in [-0.2, 0) is 22.9 Å². The third kappa shape index (κ3) is 31.3. The molecule has 0 aromatic carbocycles. The summed E-state index contributed by atoms with van der Waals surface area (Å²) in [7, 11) is -3.27. The van der Waals surface area contributed by atoms with Crippen molar-refractivity contribution in [2.24, 2.45) is 5.73 Å². The van der Waals surface area contributed by atoms with E-state index in [2.05, 4.69) is 26.0 Å². The maximum absolute atomic E-state index is 11.8. The number of rotatable bonds is 25. The van der Waals surface area contributed by atoms with Gasteiger partial charge in [-0.2, -0.15) is 0 Å². The van der Waals surface area contributed by atoms with Crippen molar-refractivity contribution in [2.45, 2.75) is 143 Å². The number of allylic oxidation sites excluding steroid dienone is 2. The molecule has 0 saturated carbocycles. The lowest BCUT2D eigenvalue weighted by molar-refractivity contribution is -0.118.